The van der Waals surface area contributed by atoms with Gasteiger partial charge >= 0.3 is 12.1 Å². The third-order valence-electron chi connectivity index (χ3n) is 8.21. The second kappa shape index (κ2) is 11.3. The Morgan fingerprint density at radius 3 is 2.84 bits per heavy atom. The minimum Gasteiger partial charge on any atom is -0.469 e. The molecule has 11 nitrogen and oxygen atoms in total. The largest absolute Gasteiger partial charge is 0.469 e. The zero-order valence-electron chi connectivity index (χ0n) is 23.3. The number of fused-ring (bicyclic) bond motifs is 6. The summed E-state index contributed by atoms with van der Waals surface area (Å²) < 4.78 is 25.7. The van der Waals surface area contributed by atoms with Gasteiger partial charge in [-0.15, -0.1) is 0 Å². The maximum absolute atomic E-state index is 15.3. The van der Waals surface area contributed by atoms with E-state index in [0.717, 1.165) is 0 Å². The van der Waals surface area contributed by atoms with Crippen molar-refractivity contribution in [3.05, 3.63) is 64.3 Å². The molecule has 2 bridgehead atoms. The predicted octanol–water partition coefficient (Wildman–Crippen LogP) is 4.87. The van der Waals surface area contributed by atoms with Crippen molar-refractivity contribution in [2.75, 3.05) is 30.8 Å². The van der Waals surface area contributed by atoms with Crippen molar-refractivity contribution in [2.45, 2.75) is 50.0 Å². The first-order chi connectivity index (χ1) is 20.7. The van der Waals surface area contributed by atoms with Gasteiger partial charge in [-0.25, -0.2) is 14.2 Å². The number of hydrogen-bond donors (Lipinski definition) is 3. The van der Waals surface area contributed by atoms with Gasteiger partial charge in [0.25, 0.3) is 0 Å². The van der Waals surface area contributed by atoms with Crippen molar-refractivity contribution >= 4 is 46.9 Å². The number of halogens is 2. The lowest BCUT2D eigenvalue weighted by molar-refractivity contribution is -0.139. The number of hydrogen-bond acceptors (Lipinski definition) is 7. The summed E-state index contributed by atoms with van der Waals surface area (Å²) in [4.78, 5) is 60.5. The van der Waals surface area contributed by atoms with E-state index in [1.165, 1.54) is 19.2 Å². The van der Waals surface area contributed by atoms with E-state index in [2.05, 4.69) is 20.6 Å². The number of aromatic nitrogens is 2. The summed E-state index contributed by atoms with van der Waals surface area (Å²) in [6, 6.07) is 8.17. The summed E-state index contributed by atoms with van der Waals surface area (Å²) in [5.74, 6) is -1.74. The summed E-state index contributed by atoms with van der Waals surface area (Å²) in [5, 5.41) is 5.36. The number of esters is 1. The van der Waals surface area contributed by atoms with E-state index < -0.39 is 29.4 Å². The van der Waals surface area contributed by atoms with Crippen LogP contribution in [0.5, 0.6) is 0 Å². The second-order valence-electron chi connectivity index (χ2n) is 11.0. The van der Waals surface area contributed by atoms with Crippen LogP contribution < -0.4 is 10.6 Å². The van der Waals surface area contributed by atoms with Gasteiger partial charge in [0, 0.05) is 24.9 Å². The van der Waals surface area contributed by atoms with Crippen LogP contribution >= 0.6 is 11.6 Å². The molecule has 4 heterocycles. The molecule has 1 aromatic heterocycles. The number of carbonyl (C=O) groups is 4. The molecule has 0 radical (unpaired) electrons. The lowest BCUT2D eigenvalue weighted by atomic mass is 9.89. The molecule has 3 amide bonds. The lowest BCUT2D eigenvalue weighted by Crippen LogP contribution is -2.44. The smallest absolute Gasteiger partial charge is 0.412 e. The maximum Gasteiger partial charge on any atom is 0.412 e. The maximum atomic E-state index is 15.3. The van der Waals surface area contributed by atoms with E-state index in [4.69, 9.17) is 21.1 Å². The number of imidazole rings is 1. The van der Waals surface area contributed by atoms with Gasteiger partial charge in [-0.2, -0.15) is 0 Å². The fourth-order valence-corrected chi connectivity index (χ4v) is 6.25. The molecule has 2 atom stereocenters. The average molecular weight is 610 g/mol. The van der Waals surface area contributed by atoms with E-state index in [0.29, 0.717) is 47.6 Å². The van der Waals surface area contributed by atoms with Crippen molar-refractivity contribution in [2.24, 2.45) is 0 Å². The minimum atomic E-state index is -1.37. The van der Waals surface area contributed by atoms with Crippen molar-refractivity contribution in [1.29, 1.82) is 0 Å². The number of likely N-dealkylation sites (tertiary alicyclic amines) is 1. The number of nitrogens with zero attached hydrogens (tertiary/aromatic N) is 2. The summed E-state index contributed by atoms with van der Waals surface area (Å²) in [6.07, 6.45) is 2.90. The number of nitrogens with one attached hydrogen (secondary N) is 3. The average Bonchev–Trinajstić information content (AvgIpc) is 3.62. The van der Waals surface area contributed by atoms with Crippen molar-refractivity contribution in [1.82, 2.24) is 14.9 Å². The van der Waals surface area contributed by atoms with Gasteiger partial charge in [-0.3, -0.25) is 19.7 Å². The van der Waals surface area contributed by atoms with Gasteiger partial charge < -0.3 is 24.7 Å². The Morgan fingerprint density at radius 2 is 2.02 bits per heavy atom. The SMILES string of the molecule is COC(=O)Cc1ccc2c(c1)NC(=O)CCCCC(C(=O)N1CC[C@@]3(C1)OC(=O)Nc1ccc(Cl)c(F)c13)c1ncc-2[nH]1. The van der Waals surface area contributed by atoms with Gasteiger partial charge in [-0.1, -0.05) is 30.2 Å². The standard InChI is InChI=1S/C30H29ClFN5O6/c1-42-24(39)13-16-6-7-17-21(12-16)34-23(38)5-3-2-4-18(27-33-14-22(17)35-27)28(40)37-11-10-30(15-37)25-20(36-29(41)43-30)9-8-19(31)26(25)32/h6-9,12,14,18H,2-5,10-11,13,15H2,1H3,(H,33,35)(H,34,38)(H,36,41)/t18?,30-/m0/s1. The first kappa shape index (κ1) is 28.7. The van der Waals surface area contributed by atoms with Crippen LogP contribution in [-0.2, 0) is 35.9 Å². The molecular formula is C30H29ClFN5O6. The molecular weight excluding hydrogens is 581 g/mol. The second-order valence-corrected chi connectivity index (χ2v) is 11.4. The number of methoxy groups -OCH3 is 1. The van der Waals surface area contributed by atoms with E-state index >= 15 is 4.39 Å². The van der Waals surface area contributed by atoms with Gasteiger partial charge in [0.1, 0.15) is 5.82 Å². The topological polar surface area (TPSA) is 143 Å². The highest BCUT2D eigenvalue weighted by atomic mass is 35.5. The van der Waals surface area contributed by atoms with Crippen LogP contribution in [-0.4, -0.2) is 58.9 Å². The van der Waals surface area contributed by atoms with E-state index in [-0.39, 0.29) is 60.4 Å². The van der Waals surface area contributed by atoms with Crippen LogP contribution in [0, 0.1) is 5.82 Å². The molecule has 6 rings (SSSR count). The monoisotopic (exact) mass is 609 g/mol. The van der Waals surface area contributed by atoms with Crippen LogP contribution in [0.1, 0.15) is 55.0 Å². The molecule has 1 unspecified atom stereocenters. The van der Waals surface area contributed by atoms with Gasteiger partial charge in [-0.05, 0) is 36.6 Å². The highest BCUT2D eigenvalue weighted by Gasteiger charge is 2.51. The van der Waals surface area contributed by atoms with Crippen LogP contribution in [0.15, 0.2) is 36.5 Å². The third-order valence-corrected chi connectivity index (χ3v) is 8.51. The quantitative estimate of drug-likeness (QED) is 0.360. The third kappa shape index (κ3) is 5.42. The van der Waals surface area contributed by atoms with Crippen LogP contribution in [0.2, 0.25) is 5.02 Å². The van der Waals surface area contributed by atoms with Gasteiger partial charge in [0.05, 0.1) is 59.8 Å². The molecule has 3 aliphatic rings. The molecule has 0 saturated carbocycles. The number of carbonyl (C=O) groups excluding carboxylic acids is 4. The molecule has 0 aliphatic carbocycles. The Kier molecular flexibility index (Phi) is 7.55. The molecule has 3 aromatic rings. The highest BCUT2D eigenvalue weighted by Crippen LogP contribution is 2.46. The summed E-state index contributed by atoms with van der Waals surface area (Å²) in [6.45, 7) is 0.192. The van der Waals surface area contributed by atoms with E-state index in [1.54, 1.807) is 29.3 Å². The molecule has 13 heteroatoms. The Balaban J connectivity index is 1.30. The van der Waals surface area contributed by atoms with Gasteiger partial charge in [0.15, 0.2) is 11.4 Å². The van der Waals surface area contributed by atoms with Crippen LogP contribution in [0.4, 0.5) is 20.6 Å². The Hall–Kier alpha value is -4.45. The number of aromatic amines is 1. The number of amides is 3. The van der Waals surface area contributed by atoms with Crippen molar-refractivity contribution in [3.63, 3.8) is 0 Å². The van der Waals surface area contributed by atoms with E-state index in [9.17, 15) is 19.2 Å². The molecule has 43 heavy (non-hydrogen) atoms. The summed E-state index contributed by atoms with van der Waals surface area (Å²) in [7, 11) is 1.31. The molecule has 2 aromatic carbocycles. The first-order valence-corrected chi connectivity index (χ1v) is 14.4. The molecule has 224 valence electrons. The lowest BCUT2D eigenvalue weighted by Gasteiger charge is -2.36. The van der Waals surface area contributed by atoms with E-state index in [1.807, 2.05) is 0 Å². The molecule has 1 fully saturated rings. The Morgan fingerprint density at radius 1 is 1.19 bits per heavy atom. The molecule has 1 saturated heterocycles. The molecule has 3 aliphatic heterocycles. The molecule has 3 N–H and O–H groups in total. The number of ether oxygens (including phenoxy) is 2. The normalized spacial score (nSPS) is 21.5. The van der Waals surface area contributed by atoms with Gasteiger partial charge in [0.2, 0.25) is 11.8 Å². The van der Waals surface area contributed by atoms with Crippen molar-refractivity contribution < 1.29 is 33.0 Å². The molecule has 1 spiro atoms. The fourth-order valence-electron chi connectivity index (χ4n) is 6.09. The zero-order chi connectivity index (χ0) is 30.3. The minimum absolute atomic E-state index is 0.0399. The first-order valence-electron chi connectivity index (χ1n) is 14.0. The summed E-state index contributed by atoms with van der Waals surface area (Å²) >= 11 is 6.08. The summed E-state index contributed by atoms with van der Waals surface area (Å²) in [5.41, 5.74) is 1.44. The number of anilines is 2. The van der Waals surface area contributed by atoms with Crippen molar-refractivity contribution in [3.8, 4) is 11.3 Å². The highest BCUT2D eigenvalue weighted by molar-refractivity contribution is 6.31. The predicted molar refractivity (Wildman–Crippen MR) is 154 cm³/mol. The Labute approximate surface area is 251 Å². The number of benzene rings is 2. The van der Waals surface area contributed by atoms with Crippen LogP contribution in [0.25, 0.3) is 11.3 Å². The Bertz CT molecular complexity index is 1640. The zero-order valence-corrected chi connectivity index (χ0v) is 24.1. The van der Waals surface area contributed by atoms with Crippen LogP contribution in [0.3, 0.4) is 0 Å². The number of H-pyrrole nitrogens is 1. The fraction of sp³-hybridized carbons (Fsp3) is 0.367. The number of rotatable bonds is 3.